The molecule has 192 valence electrons. The van der Waals surface area contributed by atoms with Crippen molar-refractivity contribution in [2.75, 3.05) is 27.2 Å². The predicted molar refractivity (Wildman–Crippen MR) is 146 cm³/mol. The van der Waals surface area contributed by atoms with Gasteiger partial charge in [0.2, 0.25) is 0 Å². The summed E-state index contributed by atoms with van der Waals surface area (Å²) in [6.07, 6.45) is 6.98. The summed E-state index contributed by atoms with van der Waals surface area (Å²) in [4.78, 5) is 29.0. The fourth-order valence-electron chi connectivity index (χ4n) is 4.64. The molecule has 1 unspecified atom stereocenters. The lowest BCUT2D eigenvalue weighted by molar-refractivity contribution is -0.120. The first-order valence-corrected chi connectivity index (χ1v) is 12.6. The molecule has 0 amide bonds. The van der Waals surface area contributed by atoms with Crippen molar-refractivity contribution in [2.24, 2.45) is 11.3 Å². The van der Waals surface area contributed by atoms with Crippen LogP contribution in [0.3, 0.4) is 0 Å². The normalized spacial score (nSPS) is 16.8. The minimum Gasteiger partial charge on any atom is -0.457 e. The Balaban J connectivity index is 1.94. The lowest BCUT2D eigenvalue weighted by Gasteiger charge is -2.39. The third-order valence-electron chi connectivity index (χ3n) is 6.33. The van der Waals surface area contributed by atoms with Gasteiger partial charge in [-0.05, 0) is 57.1 Å². The van der Waals surface area contributed by atoms with E-state index in [0.29, 0.717) is 19.4 Å². The zero-order chi connectivity index (χ0) is 26.3. The number of hydrogen-bond acceptors (Lipinski definition) is 5. The molecule has 0 spiro atoms. The number of ether oxygens (including phenoxy) is 1. The second-order valence-corrected chi connectivity index (χ2v) is 11.2. The molecule has 0 saturated heterocycles. The molecule has 0 bridgehead atoms. The van der Waals surface area contributed by atoms with E-state index in [4.69, 9.17) is 4.74 Å². The first-order chi connectivity index (χ1) is 17.1. The highest BCUT2D eigenvalue weighted by Crippen LogP contribution is 2.31. The Morgan fingerprint density at radius 3 is 2.39 bits per heavy atom. The Hall–Kier alpha value is -3.02. The first kappa shape index (κ1) is 27.6. The quantitative estimate of drug-likeness (QED) is 0.294. The molecule has 0 heterocycles. The molecule has 3 rings (SSSR count). The van der Waals surface area contributed by atoms with Crippen molar-refractivity contribution in [1.82, 2.24) is 9.80 Å². The van der Waals surface area contributed by atoms with E-state index in [2.05, 4.69) is 57.7 Å². The molecule has 2 aromatic rings. The highest BCUT2D eigenvalue weighted by Gasteiger charge is 2.31. The van der Waals surface area contributed by atoms with Crippen LogP contribution in [0, 0.1) is 18.3 Å². The van der Waals surface area contributed by atoms with E-state index in [1.165, 1.54) is 5.56 Å². The summed E-state index contributed by atoms with van der Waals surface area (Å²) >= 11 is 0. The Kier molecular flexibility index (Phi) is 9.41. The van der Waals surface area contributed by atoms with E-state index in [1.54, 1.807) is 6.08 Å². The number of ketones is 1. The number of aryl methyl sites for hydroxylation is 1. The van der Waals surface area contributed by atoms with Crippen LogP contribution in [0.2, 0.25) is 0 Å². The molecule has 5 heteroatoms. The summed E-state index contributed by atoms with van der Waals surface area (Å²) in [6.45, 7) is 10.8. The third-order valence-corrected chi connectivity index (χ3v) is 6.33. The van der Waals surface area contributed by atoms with Crippen molar-refractivity contribution < 1.29 is 14.3 Å². The van der Waals surface area contributed by atoms with Crippen molar-refractivity contribution in [2.45, 2.75) is 46.7 Å². The number of rotatable bonds is 11. The molecule has 0 aromatic heterocycles. The average molecular weight is 489 g/mol. The van der Waals surface area contributed by atoms with Gasteiger partial charge in [-0.1, -0.05) is 68.8 Å². The molecule has 1 aliphatic rings. The standard InChI is InChI=1S/C31H40N2O3/c1-23-14-16-28(17-15-23)36-29-13-8-7-10-24(29)19-33(27(21-32(5)6)18-31(2,3)4)20-25-11-9-12-26(22-34)30(25)35/h7-17,22,25,27H,18-21H2,1-6H3/t25?,27-/m0/s1. The number of allylic oxidation sites excluding steroid dienone is 3. The van der Waals surface area contributed by atoms with E-state index in [9.17, 15) is 9.59 Å². The van der Waals surface area contributed by atoms with Crippen LogP contribution in [0.5, 0.6) is 11.5 Å². The molecular formula is C31H40N2O3. The maximum atomic E-state index is 13.0. The van der Waals surface area contributed by atoms with Crippen LogP contribution in [-0.2, 0) is 16.1 Å². The van der Waals surface area contributed by atoms with Crippen molar-refractivity contribution >= 4 is 12.1 Å². The second kappa shape index (κ2) is 12.3. The van der Waals surface area contributed by atoms with Crippen LogP contribution < -0.4 is 4.74 Å². The Labute approximate surface area is 216 Å². The maximum Gasteiger partial charge on any atom is 0.174 e. The molecule has 0 N–H and O–H groups in total. The summed E-state index contributed by atoms with van der Waals surface area (Å²) in [6, 6.07) is 16.4. The lowest BCUT2D eigenvalue weighted by Crippen LogP contribution is -2.46. The van der Waals surface area contributed by atoms with Gasteiger partial charge in [-0.15, -0.1) is 0 Å². The number of carbonyl (C=O) groups is 2. The maximum absolute atomic E-state index is 13.0. The van der Waals surface area contributed by atoms with E-state index < -0.39 is 0 Å². The van der Waals surface area contributed by atoms with E-state index in [0.717, 1.165) is 30.0 Å². The van der Waals surface area contributed by atoms with E-state index in [-0.39, 0.29) is 28.7 Å². The number of carbonyl (C=O) groups excluding carboxylic acids is 2. The largest absolute Gasteiger partial charge is 0.457 e. The zero-order valence-corrected chi connectivity index (χ0v) is 22.5. The van der Waals surface area contributed by atoms with Crippen molar-refractivity contribution in [3.05, 3.63) is 83.5 Å². The average Bonchev–Trinajstić information content (AvgIpc) is 2.81. The summed E-state index contributed by atoms with van der Waals surface area (Å²) in [5.41, 5.74) is 2.60. The van der Waals surface area contributed by atoms with Crippen LogP contribution in [-0.4, -0.2) is 55.1 Å². The molecule has 2 aromatic carbocycles. The van der Waals surface area contributed by atoms with Gasteiger partial charge in [0.05, 0.1) is 11.5 Å². The molecule has 5 nitrogen and oxygen atoms in total. The van der Waals surface area contributed by atoms with Gasteiger partial charge in [0.1, 0.15) is 11.5 Å². The van der Waals surface area contributed by atoms with Gasteiger partial charge in [-0.25, -0.2) is 0 Å². The second-order valence-electron chi connectivity index (χ2n) is 11.2. The molecule has 1 aliphatic carbocycles. The van der Waals surface area contributed by atoms with Crippen molar-refractivity contribution in [1.29, 1.82) is 0 Å². The van der Waals surface area contributed by atoms with Gasteiger partial charge < -0.3 is 9.64 Å². The van der Waals surface area contributed by atoms with Gasteiger partial charge in [-0.3, -0.25) is 14.5 Å². The number of nitrogens with zero attached hydrogens (tertiary/aromatic N) is 2. The summed E-state index contributed by atoms with van der Waals surface area (Å²) < 4.78 is 6.30. The summed E-state index contributed by atoms with van der Waals surface area (Å²) in [7, 11) is 4.17. The van der Waals surface area contributed by atoms with Gasteiger partial charge in [0.15, 0.2) is 12.1 Å². The van der Waals surface area contributed by atoms with Gasteiger partial charge in [0, 0.05) is 31.2 Å². The Morgan fingerprint density at radius 1 is 1.06 bits per heavy atom. The van der Waals surface area contributed by atoms with Gasteiger partial charge in [0.25, 0.3) is 0 Å². The molecule has 2 atom stereocenters. The number of hydrogen-bond donors (Lipinski definition) is 0. The fraction of sp³-hybridized carbons (Fsp3) is 0.419. The van der Waals surface area contributed by atoms with Gasteiger partial charge in [-0.2, -0.15) is 0 Å². The monoisotopic (exact) mass is 488 g/mol. The lowest BCUT2D eigenvalue weighted by atomic mass is 9.86. The van der Waals surface area contributed by atoms with Crippen molar-refractivity contribution in [3.8, 4) is 11.5 Å². The smallest absolute Gasteiger partial charge is 0.174 e. The highest BCUT2D eigenvalue weighted by atomic mass is 16.5. The first-order valence-electron chi connectivity index (χ1n) is 12.6. The zero-order valence-electron chi connectivity index (χ0n) is 22.5. The molecule has 0 saturated carbocycles. The molecule has 0 fully saturated rings. The number of aldehydes is 1. The minimum absolute atomic E-state index is 0.108. The predicted octanol–water partition coefficient (Wildman–Crippen LogP) is 5.84. The number of para-hydroxylation sites is 1. The Bertz CT molecular complexity index is 1090. The number of likely N-dealkylation sites (N-methyl/N-ethyl adjacent to an activating group) is 1. The highest BCUT2D eigenvalue weighted by molar-refractivity contribution is 6.14. The van der Waals surface area contributed by atoms with Crippen molar-refractivity contribution in [3.63, 3.8) is 0 Å². The van der Waals surface area contributed by atoms with E-state index >= 15 is 0 Å². The summed E-state index contributed by atoms with van der Waals surface area (Å²) in [5.74, 6) is 1.14. The topological polar surface area (TPSA) is 49.9 Å². The minimum atomic E-state index is -0.356. The van der Waals surface area contributed by atoms with Crippen LogP contribution >= 0.6 is 0 Å². The number of Topliss-reactive ketones (excluding diaryl/α,β-unsaturated/α-hetero) is 1. The fourth-order valence-corrected chi connectivity index (χ4v) is 4.64. The third kappa shape index (κ3) is 8.00. The molecule has 36 heavy (non-hydrogen) atoms. The Morgan fingerprint density at radius 2 is 1.75 bits per heavy atom. The van der Waals surface area contributed by atoms with E-state index in [1.807, 2.05) is 54.6 Å². The summed E-state index contributed by atoms with van der Waals surface area (Å²) in [5, 5.41) is 0. The number of benzene rings is 2. The van der Waals surface area contributed by atoms with Crippen LogP contribution in [0.1, 0.15) is 38.3 Å². The SMILES string of the molecule is Cc1ccc(Oc2ccccc2CN(CC2C=CC=C(C=O)C2=O)[C@H](CN(C)C)CC(C)(C)C)cc1. The van der Waals surface area contributed by atoms with Crippen LogP contribution in [0.4, 0.5) is 0 Å². The van der Waals surface area contributed by atoms with Gasteiger partial charge >= 0.3 is 0 Å². The molecule has 0 aliphatic heterocycles. The molecule has 0 radical (unpaired) electrons. The molecular weight excluding hydrogens is 448 g/mol. The van der Waals surface area contributed by atoms with Crippen LogP contribution in [0.15, 0.2) is 72.3 Å². The van der Waals surface area contributed by atoms with Crippen LogP contribution in [0.25, 0.3) is 0 Å².